The van der Waals surface area contributed by atoms with E-state index in [1.54, 1.807) is 0 Å². The molecular formula is C8H16S. The zero-order valence-corrected chi connectivity index (χ0v) is 7.42. The van der Waals surface area contributed by atoms with Gasteiger partial charge in [0.25, 0.3) is 0 Å². The summed E-state index contributed by atoms with van der Waals surface area (Å²) in [6.45, 7) is 7.09. The van der Waals surface area contributed by atoms with Crippen LogP contribution in [-0.2, 0) is 0 Å². The minimum absolute atomic E-state index is 0.657. The molecule has 1 heteroatoms. The lowest BCUT2D eigenvalue weighted by atomic mass is 9.79. The van der Waals surface area contributed by atoms with E-state index in [0.717, 1.165) is 5.92 Å². The van der Waals surface area contributed by atoms with Gasteiger partial charge in [0.05, 0.1) is 0 Å². The molecule has 1 atom stereocenters. The van der Waals surface area contributed by atoms with Crippen LogP contribution in [0.3, 0.4) is 0 Å². The molecule has 1 aliphatic heterocycles. The van der Waals surface area contributed by atoms with E-state index in [4.69, 9.17) is 0 Å². The third-order valence-corrected chi connectivity index (χ3v) is 4.00. The average Bonchev–Trinajstić information content (AvgIpc) is 2.16. The molecule has 1 saturated heterocycles. The third-order valence-electron chi connectivity index (χ3n) is 2.64. The molecule has 0 unspecified atom stereocenters. The highest BCUT2D eigenvalue weighted by Gasteiger charge is 2.31. The summed E-state index contributed by atoms with van der Waals surface area (Å²) in [5.74, 6) is 3.63. The molecule has 0 saturated carbocycles. The Morgan fingerprint density at radius 2 is 2.11 bits per heavy atom. The Balaban J connectivity index is 2.51. The second-order valence-electron chi connectivity index (χ2n) is 3.61. The maximum atomic E-state index is 2.41. The Morgan fingerprint density at radius 3 is 2.33 bits per heavy atom. The highest BCUT2D eigenvalue weighted by molar-refractivity contribution is 7.99. The minimum Gasteiger partial charge on any atom is -0.161 e. The van der Waals surface area contributed by atoms with Crippen LogP contribution in [0.4, 0.5) is 0 Å². The molecule has 1 heterocycles. The van der Waals surface area contributed by atoms with E-state index in [0.29, 0.717) is 5.41 Å². The molecule has 0 bridgehead atoms. The predicted octanol–water partition coefficient (Wildman–Crippen LogP) is 2.79. The van der Waals surface area contributed by atoms with Crippen molar-refractivity contribution < 1.29 is 0 Å². The number of hydrogen-bond donors (Lipinski definition) is 0. The lowest BCUT2D eigenvalue weighted by molar-refractivity contribution is 0.260. The smallest absolute Gasteiger partial charge is 0.00107 e. The first-order valence-electron chi connectivity index (χ1n) is 3.73. The van der Waals surface area contributed by atoms with Crippen LogP contribution < -0.4 is 0 Å². The van der Waals surface area contributed by atoms with Crippen molar-refractivity contribution in [3.05, 3.63) is 0 Å². The highest BCUT2D eigenvalue weighted by Crippen LogP contribution is 2.41. The predicted molar refractivity (Wildman–Crippen MR) is 44.9 cm³/mol. The monoisotopic (exact) mass is 144 g/mol. The topological polar surface area (TPSA) is 0 Å². The zero-order chi connectivity index (χ0) is 6.91. The first kappa shape index (κ1) is 7.46. The van der Waals surface area contributed by atoms with Gasteiger partial charge in [-0.1, -0.05) is 20.8 Å². The standard InChI is InChI=1S/C8H16S/c1-7(2)8(3)4-5-9-6-8/h7H,4-6H2,1-3H3/t8-/m1/s1. The van der Waals surface area contributed by atoms with E-state index < -0.39 is 0 Å². The lowest BCUT2D eigenvalue weighted by Crippen LogP contribution is -2.22. The Morgan fingerprint density at radius 1 is 1.44 bits per heavy atom. The van der Waals surface area contributed by atoms with Crippen LogP contribution >= 0.6 is 11.8 Å². The van der Waals surface area contributed by atoms with E-state index in [2.05, 4.69) is 32.5 Å². The molecule has 0 radical (unpaired) electrons. The van der Waals surface area contributed by atoms with Gasteiger partial charge in [-0.25, -0.2) is 0 Å². The highest BCUT2D eigenvalue weighted by atomic mass is 32.2. The Bertz CT molecular complexity index is 90.7. The molecule has 0 amide bonds. The van der Waals surface area contributed by atoms with E-state index in [-0.39, 0.29) is 0 Å². The van der Waals surface area contributed by atoms with Gasteiger partial charge in [0.2, 0.25) is 0 Å². The first-order chi connectivity index (χ1) is 4.15. The summed E-state index contributed by atoms with van der Waals surface area (Å²) in [5, 5.41) is 0. The summed E-state index contributed by atoms with van der Waals surface area (Å²) in [4.78, 5) is 0. The molecule has 1 rings (SSSR count). The van der Waals surface area contributed by atoms with E-state index in [1.165, 1.54) is 17.9 Å². The number of rotatable bonds is 1. The zero-order valence-electron chi connectivity index (χ0n) is 6.61. The summed E-state index contributed by atoms with van der Waals surface area (Å²) >= 11 is 2.11. The summed E-state index contributed by atoms with van der Waals surface area (Å²) in [5.41, 5.74) is 0.657. The van der Waals surface area contributed by atoms with Crippen LogP contribution in [0.1, 0.15) is 27.2 Å². The minimum atomic E-state index is 0.657. The Labute approximate surface area is 62.4 Å². The Kier molecular flexibility index (Phi) is 2.10. The molecule has 0 aromatic carbocycles. The molecule has 0 N–H and O–H groups in total. The molecule has 0 aromatic rings. The van der Waals surface area contributed by atoms with Gasteiger partial charge in [-0.05, 0) is 29.3 Å². The molecule has 0 nitrogen and oxygen atoms in total. The van der Waals surface area contributed by atoms with Gasteiger partial charge in [-0.3, -0.25) is 0 Å². The van der Waals surface area contributed by atoms with Crippen molar-refractivity contribution in [1.29, 1.82) is 0 Å². The van der Waals surface area contributed by atoms with Crippen LogP contribution in [0.25, 0.3) is 0 Å². The first-order valence-corrected chi connectivity index (χ1v) is 4.88. The van der Waals surface area contributed by atoms with Crippen molar-refractivity contribution >= 4 is 11.8 Å². The van der Waals surface area contributed by atoms with Crippen molar-refractivity contribution in [2.24, 2.45) is 11.3 Å². The average molecular weight is 144 g/mol. The molecular weight excluding hydrogens is 128 g/mol. The van der Waals surface area contributed by atoms with Crippen molar-refractivity contribution in [2.45, 2.75) is 27.2 Å². The summed E-state index contributed by atoms with van der Waals surface area (Å²) < 4.78 is 0. The fourth-order valence-electron chi connectivity index (χ4n) is 1.14. The maximum absolute atomic E-state index is 2.41. The quantitative estimate of drug-likeness (QED) is 0.545. The van der Waals surface area contributed by atoms with Crippen LogP contribution in [-0.4, -0.2) is 11.5 Å². The van der Waals surface area contributed by atoms with Gasteiger partial charge in [0, 0.05) is 0 Å². The normalized spacial score (nSPS) is 36.0. The van der Waals surface area contributed by atoms with Gasteiger partial charge < -0.3 is 0 Å². The number of thioether (sulfide) groups is 1. The lowest BCUT2D eigenvalue weighted by Gasteiger charge is -2.27. The molecule has 54 valence electrons. The second kappa shape index (κ2) is 2.53. The van der Waals surface area contributed by atoms with Gasteiger partial charge in [-0.2, -0.15) is 11.8 Å². The SMILES string of the molecule is CC(C)[C@]1(C)CCSC1. The van der Waals surface area contributed by atoms with Crippen LogP contribution in [0.2, 0.25) is 0 Å². The molecule has 0 aromatic heterocycles. The van der Waals surface area contributed by atoms with E-state index in [9.17, 15) is 0 Å². The fraction of sp³-hybridized carbons (Fsp3) is 1.00. The molecule has 1 fully saturated rings. The van der Waals surface area contributed by atoms with E-state index in [1.807, 2.05) is 0 Å². The van der Waals surface area contributed by atoms with Gasteiger partial charge in [0.1, 0.15) is 0 Å². The van der Waals surface area contributed by atoms with Crippen molar-refractivity contribution in [2.75, 3.05) is 11.5 Å². The molecule has 1 aliphatic rings. The third kappa shape index (κ3) is 1.43. The largest absolute Gasteiger partial charge is 0.161 e. The van der Waals surface area contributed by atoms with Crippen LogP contribution in [0.5, 0.6) is 0 Å². The summed E-state index contributed by atoms with van der Waals surface area (Å²) in [6.07, 6.45) is 1.43. The second-order valence-corrected chi connectivity index (χ2v) is 4.72. The molecule has 0 spiro atoms. The van der Waals surface area contributed by atoms with Crippen LogP contribution in [0.15, 0.2) is 0 Å². The van der Waals surface area contributed by atoms with Crippen molar-refractivity contribution in [3.63, 3.8) is 0 Å². The fourth-order valence-corrected chi connectivity index (χ4v) is 2.84. The van der Waals surface area contributed by atoms with Crippen molar-refractivity contribution in [1.82, 2.24) is 0 Å². The number of hydrogen-bond acceptors (Lipinski definition) is 1. The maximum Gasteiger partial charge on any atom is -0.00107 e. The summed E-state index contributed by atoms with van der Waals surface area (Å²) in [6, 6.07) is 0. The van der Waals surface area contributed by atoms with Crippen molar-refractivity contribution in [3.8, 4) is 0 Å². The van der Waals surface area contributed by atoms with Crippen LogP contribution in [0, 0.1) is 11.3 Å². The Hall–Kier alpha value is 0.350. The van der Waals surface area contributed by atoms with E-state index >= 15 is 0 Å². The molecule has 9 heavy (non-hydrogen) atoms. The van der Waals surface area contributed by atoms with Gasteiger partial charge in [0.15, 0.2) is 0 Å². The van der Waals surface area contributed by atoms with Gasteiger partial charge in [-0.15, -0.1) is 0 Å². The van der Waals surface area contributed by atoms with Gasteiger partial charge >= 0.3 is 0 Å². The molecule has 0 aliphatic carbocycles. The summed E-state index contributed by atoms with van der Waals surface area (Å²) in [7, 11) is 0.